The van der Waals surface area contributed by atoms with Crippen LogP contribution < -0.4 is 5.32 Å². The van der Waals surface area contributed by atoms with E-state index >= 15 is 0 Å². The first-order valence-electron chi connectivity index (χ1n) is 7.42. The topological polar surface area (TPSA) is 92.6 Å². The number of nitro groups is 1. The Morgan fingerprint density at radius 1 is 1.25 bits per heavy atom. The monoisotopic (exact) mass is 395 g/mol. The van der Waals surface area contributed by atoms with Gasteiger partial charge in [-0.3, -0.25) is 19.7 Å². The molecule has 1 aromatic carbocycles. The Labute approximate surface area is 148 Å². The molecule has 0 spiro atoms. The van der Waals surface area contributed by atoms with Crippen LogP contribution in [0.3, 0.4) is 0 Å². The summed E-state index contributed by atoms with van der Waals surface area (Å²) in [6.07, 6.45) is 4.82. The summed E-state index contributed by atoms with van der Waals surface area (Å²) in [5.41, 5.74) is 0.373. The highest BCUT2D eigenvalue weighted by molar-refractivity contribution is 9.10. The van der Waals surface area contributed by atoms with Gasteiger partial charge in [-0.1, -0.05) is 12.2 Å². The summed E-state index contributed by atoms with van der Waals surface area (Å²) in [7, 11) is 3.34. The van der Waals surface area contributed by atoms with Crippen molar-refractivity contribution in [3.63, 3.8) is 0 Å². The number of hydrogen-bond donors (Lipinski definition) is 1. The molecule has 0 aromatic heterocycles. The maximum Gasteiger partial charge on any atom is 0.270 e. The molecule has 1 aliphatic rings. The first-order chi connectivity index (χ1) is 11.3. The lowest BCUT2D eigenvalue weighted by atomic mass is 9.81. The van der Waals surface area contributed by atoms with E-state index in [-0.39, 0.29) is 17.5 Å². The summed E-state index contributed by atoms with van der Waals surface area (Å²) in [6.45, 7) is 0. The largest absolute Gasteiger partial charge is 0.349 e. The van der Waals surface area contributed by atoms with Gasteiger partial charge < -0.3 is 10.2 Å². The van der Waals surface area contributed by atoms with Crippen molar-refractivity contribution in [2.75, 3.05) is 19.4 Å². The van der Waals surface area contributed by atoms with Crippen molar-refractivity contribution in [1.82, 2.24) is 4.90 Å². The summed E-state index contributed by atoms with van der Waals surface area (Å²) in [4.78, 5) is 36.6. The number of anilines is 1. The molecule has 0 heterocycles. The molecule has 0 aliphatic heterocycles. The molecule has 2 unspecified atom stereocenters. The third-order valence-corrected chi connectivity index (χ3v) is 4.60. The van der Waals surface area contributed by atoms with E-state index in [2.05, 4.69) is 21.2 Å². The van der Waals surface area contributed by atoms with Gasteiger partial charge in [0, 0.05) is 30.7 Å². The highest BCUT2D eigenvalue weighted by Gasteiger charge is 2.35. The number of non-ortho nitro benzene ring substituents is 1. The molecule has 2 rings (SSSR count). The zero-order valence-electron chi connectivity index (χ0n) is 13.4. The number of carbonyl (C=O) groups excluding carboxylic acids is 2. The maximum atomic E-state index is 12.6. The van der Waals surface area contributed by atoms with Crippen LogP contribution >= 0.6 is 15.9 Å². The Morgan fingerprint density at radius 3 is 2.42 bits per heavy atom. The van der Waals surface area contributed by atoms with Crippen molar-refractivity contribution >= 4 is 39.1 Å². The van der Waals surface area contributed by atoms with Crippen LogP contribution in [-0.4, -0.2) is 35.7 Å². The molecule has 2 amide bonds. The fourth-order valence-electron chi connectivity index (χ4n) is 2.65. The van der Waals surface area contributed by atoms with E-state index in [1.807, 2.05) is 12.2 Å². The van der Waals surface area contributed by atoms with Crippen molar-refractivity contribution < 1.29 is 14.5 Å². The third kappa shape index (κ3) is 4.00. The minimum atomic E-state index is -0.506. The van der Waals surface area contributed by atoms with Gasteiger partial charge in [0.15, 0.2) is 0 Å². The lowest BCUT2D eigenvalue weighted by Crippen LogP contribution is -2.40. The molecule has 1 aliphatic carbocycles. The molecule has 0 radical (unpaired) electrons. The SMILES string of the molecule is CN(C)C(=O)C1CC=CCC1C(=O)Nc1ccc([N+](=O)[O-])cc1Br. The molecule has 7 nitrogen and oxygen atoms in total. The van der Waals surface area contributed by atoms with Gasteiger partial charge in [-0.25, -0.2) is 0 Å². The van der Waals surface area contributed by atoms with Crippen molar-refractivity contribution in [2.24, 2.45) is 11.8 Å². The van der Waals surface area contributed by atoms with E-state index in [4.69, 9.17) is 0 Å². The van der Waals surface area contributed by atoms with Gasteiger partial charge in [0.2, 0.25) is 11.8 Å². The summed E-state index contributed by atoms with van der Waals surface area (Å²) < 4.78 is 0.423. The van der Waals surface area contributed by atoms with E-state index in [9.17, 15) is 19.7 Å². The number of carbonyl (C=O) groups is 2. The maximum absolute atomic E-state index is 12.6. The molecule has 128 valence electrons. The molecule has 0 saturated carbocycles. The average Bonchev–Trinajstić information content (AvgIpc) is 2.55. The first-order valence-corrected chi connectivity index (χ1v) is 8.21. The number of nitro benzene ring substituents is 1. The van der Waals surface area contributed by atoms with Crippen molar-refractivity contribution in [1.29, 1.82) is 0 Å². The van der Waals surface area contributed by atoms with E-state index < -0.39 is 16.8 Å². The fourth-order valence-corrected chi connectivity index (χ4v) is 3.12. The van der Waals surface area contributed by atoms with Gasteiger partial charge in [0.1, 0.15) is 0 Å². The van der Waals surface area contributed by atoms with Gasteiger partial charge >= 0.3 is 0 Å². The highest BCUT2D eigenvalue weighted by Crippen LogP contribution is 2.31. The quantitative estimate of drug-likeness (QED) is 0.481. The Hall–Kier alpha value is -2.22. The molecule has 8 heteroatoms. The number of nitrogens with one attached hydrogen (secondary N) is 1. The van der Waals surface area contributed by atoms with Crippen LogP contribution in [0.2, 0.25) is 0 Å². The molecule has 0 saturated heterocycles. The van der Waals surface area contributed by atoms with E-state index in [0.29, 0.717) is 23.0 Å². The van der Waals surface area contributed by atoms with Crippen LogP contribution in [0.1, 0.15) is 12.8 Å². The number of amides is 2. The molecular formula is C16H18BrN3O4. The zero-order valence-corrected chi connectivity index (χ0v) is 14.9. The summed E-state index contributed by atoms with van der Waals surface area (Å²) in [5, 5.41) is 13.5. The number of allylic oxidation sites excluding steroid dienone is 2. The normalized spacial score (nSPS) is 19.6. The minimum absolute atomic E-state index is 0.0684. The lowest BCUT2D eigenvalue weighted by Gasteiger charge is -2.28. The van der Waals surface area contributed by atoms with Gasteiger partial charge in [-0.05, 0) is 34.8 Å². The van der Waals surface area contributed by atoms with Crippen molar-refractivity contribution in [3.8, 4) is 0 Å². The number of rotatable bonds is 4. The summed E-state index contributed by atoms with van der Waals surface area (Å²) >= 11 is 3.23. The van der Waals surface area contributed by atoms with Gasteiger partial charge in [-0.2, -0.15) is 0 Å². The second-order valence-electron chi connectivity index (χ2n) is 5.80. The van der Waals surface area contributed by atoms with Gasteiger partial charge in [0.05, 0.1) is 22.4 Å². The number of benzene rings is 1. The smallest absolute Gasteiger partial charge is 0.270 e. The molecule has 24 heavy (non-hydrogen) atoms. The van der Waals surface area contributed by atoms with Crippen LogP contribution in [0, 0.1) is 22.0 Å². The second-order valence-corrected chi connectivity index (χ2v) is 6.65. The fraction of sp³-hybridized carbons (Fsp3) is 0.375. The molecule has 1 aromatic rings. The summed E-state index contributed by atoms with van der Waals surface area (Å²) in [6, 6.07) is 4.13. The third-order valence-electron chi connectivity index (χ3n) is 3.95. The predicted molar refractivity (Wildman–Crippen MR) is 93.5 cm³/mol. The Bertz CT molecular complexity index is 703. The molecule has 1 N–H and O–H groups in total. The predicted octanol–water partition coefficient (Wildman–Crippen LogP) is 2.97. The van der Waals surface area contributed by atoms with Gasteiger partial charge in [-0.15, -0.1) is 0 Å². The number of halogens is 1. The Kier molecular flexibility index (Phi) is 5.71. The highest BCUT2D eigenvalue weighted by atomic mass is 79.9. The Balaban J connectivity index is 2.17. The molecular weight excluding hydrogens is 378 g/mol. The van der Waals surface area contributed by atoms with Crippen LogP contribution in [0.25, 0.3) is 0 Å². The average molecular weight is 396 g/mol. The number of hydrogen-bond acceptors (Lipinski definition) is 4. The van der Waals surface area contributed by atoms with Crippen molar-refractivity contribution in [2.45, 2.75) is 12.8 Å². The van der Waals surface area contributed by atoms with Crippen molar-refractivity contribution in [3.05, 3.63) is 44.9 Å². The first kappa shape index (κ1) is 18.1. The van der Waals surface area contributed by atoms with E-state index in [1.165, 1.54) is 23.1 Å². The minimum Gasteiger partial charge on any atom is -0.349 e. The summed E-state index contributed by atoms with van der Waals surface area (Å²) in [5.74, 6) is -1.22. The molecule has 0 fully saturated rings. The van der Waals surface area contributed by atoms with E-state index in [0.717, 1.165) is 0 Å². The zero-order chi connectivity index (χ0) is 17.9. The molecule has 2 atom stereocenters. The molecule has 0 bridgehead atoms. The van der Waals surface area contributed by atoms with Crippen LogP contribution in [-0.2, 0) is 9.59 Å². The second kappa shape index (κ2) is 7.57. The standard InChI is InChI=1S/C16H18BrN3O4/c1-19(2)16(22)12-6-4-3-5-11(12)15(21)18-14-8-7-10(20(23)24)9-13(14)17/h3-4,7-9,11-12H,5-6H2,1-2H3,(H,18,21). The van der Waals surface area contributed by atoms with E-state index in [1.54, 1.807) is 14.1 Å². The van der Waals surface area contributed by atoms with Crippen LogP contribution in [0.15, 0.2) is 34.8 Å². The van der Waals surface area contributed by atoms with Crippen LogP contribution in [0.5, 0.6) is 0 Å². The lowest BCUT2D eigenvalue weighted by molar-refractivity contribution is -0.384. The van der Waals surface area contributed by atoms with Gasteiger partial charge in [0.25, 0.3) is 5.69 Å². The Morgan fingerprint density at radius 2 is 1.88 bits per heavy atom. The van der Waals surface area contributed by atoms with Crippen LogP contribution in [0.4, 0.5) is 11.4 Å². The number of nitrogens with zero attached hydrogens (tertiary/aromatic N) is 2.